The molecule has 16 heavy (non-hydrogen) atoms. The maximum Gasteiger partial charge on any atom is 0.321 e. The van der Waals surface area contributed by atoms with Gasteiger partial charge >= 0.3 is 6.03 Å². The Morgan fingerprint density at radius 3 is 2.81 bits per heavy atom. The second-order valence-corrected chi connectivity index (χ2v) is 4.07. The molecule has 2 amide bonds. The lowest BCUT2D eigenvalue weighted by molar-refractivity contribution is 0.222. The SMILES string of the molecule is CCCCN(C)C(=O)Nc1cccc(C)c1. The Bertz CT molecular complexity index is 350. The molecule has 0 saturated heterocycles. The minimum Gasteiger partial charge on any atom is -0.328 e. The van der Waals surface area contributed by atoms with Gasteiger partial charge in [-0.15, -0.1) is 0 Å². The first kappa shape index (κ1) is 12.6. The molecule has 1 rings (SSSR count). The molecule has 0 bridgehead atoms. The van der Waals surface area contributed by atoms with E-state index in [1.54, 1.807) is 4.90 Å². The summed E-state index contributed by atoms with van der Waals surface area (Å²) in [4.78, 5) is 13.5. The van der Waals surface area contributed by atoms with Crippen molar-refractivity contribution in [2.45, 2.75) is 26.7 Å². The highest BCUT2D eigenvalue weighted by atomic mass is 16.2. The normalized spacial score (nSPS) is 9.94. The summed E-state index contributed by atoms with van der Waals surface area (Å²) in [6.45, 7) is 4.93. The molecule has 3 nitrogen and oxygen atoms in total. The number of carbonyl (C=O) groups excluding carboxylic acids is 1. The average Bonchev–Trinajstić information content (AvgIpc) is 2.25. The van der Waals surface area contributed by atoms with Crippen LogP contribution in [0.4, 0.5) is 10.5 Å². The molecule has 0 aliphatic carbocycles. The van der Waals surface area contributed by atoms with Crippen molar-refractivity contribution >= 4 is 11.7 Å². The first-order valence-electron chi connectivity index (χ1n) is 5.72. The summed E-state index contributed by atoms with van der Waals surface area (Å²) in [6.07, 6.45) is 2.14. The van der Waals surface area contributed by atoms with Crippen molar-refractivity contribution in [3.05, 3.63) is 29.8 Å². The molecule has 1 N–H and O–H groups in total. The lowest BCUT2D eigenvalue weighted by atomic mass is 10.2. The first-order valence-corrected chi connectivity index (χ1v) is 5.72. The number of amides is 2. The van der Waals surface area contributed by atoms with E-state index in [9.17, 15) is 4.79 Å². The van der Waals surface area contributed by atoms with Crippen LogP contribution in [-0.2, 0) is 0 Å². The fraction of sp³-hybridized carbons (Fsp3) is 0.462. The zero-order chi connectivity index (χ0) is 12.0. The van der Waals surface area contributed by atoms with Crippen LogP contribution in [0.5, 0.6) is 0 Å². The summed E-state index contributed by atoms with van der Waals surface area (Å²) in [7, 11) is 1.82. The van der Waals surface area contributed by atoms with E-state index in [0.717, 1.165) is 30.6 Å². The Morgan fingerprint density at radius 2 is 2.19 bits per heavy atom. The van der Waals surface area contributed by atoms with Gasteiger partial charge in [-0.25, -0.2) is 4.79 Å². The molecule has 3 heteroatoms. The second kappa shape index (κ2) is 6.16. The third-order valence-electron chi connectivity index (χ3n) is 2.46. The number of aryl methyl sites for hydroxylation is 1. The third-order valence-corrected chi connectivity index (χ3v) is 2.46. The highest BCUT2D eigenvalue weighted by molar-refractivity contribution is 5.89. The predicted octanol–water partition coefficient (Wildman–Crippen LogP) is 3.26. The lowest BCUT2D eigenvalue weighted by Gasteiger charge is -2.17. The molecule has 0 fully saturated rings. The Hall–Kier alpha value is -1.51. The van der Waals surface area contributed by atoms with Crippen LogP contribution in [0.25, 0.3) is 0 Å². The van der Waals surface area contributed by atoms with Crippen molar-refractivity contribution in [2.24, 2.45) is 0 Å². The minimum absolute atomic E-state index is 0.0425. The van der Waals surface area contributed by atoms with Gasteiger partial charge in [0.2, 0.25) is 0 Å². The quantitative estimate of drug-likeness (QED) is 0.830. The molecular formula is C13H20N2O. The Balaban J connectivity index is 2.50. The monoisotopic (exact) mass is 220 g/mol. The van der Waals surface area contributed by atoms with Crippen molar-refractivity contribution in [3.8, 4) is 0 Å². The molecule has 1 aromatic carbocycles. The number of nitrogens with one attached hydrogen (secondary N) is 1. The van der Waals surface area contributed by atoms with E-state index in [0.29, 0.717) is 0 Å². The molecule has 0 radical (unpaired) electrons. The van der Waals surface area contributed by atoms with Gasteiger partial charge in [-0.1, -0.05) is 25.5 Å². The van der Waals surface area contributed by atoms with Gasteiger partial charge in [0.15, 0.2) is 0 Å². The Kier molecular flexibility index (Phi) is 4.83. The van der Waals surface area contributed by atoms with Gasteiger partial charge in [-0.2, -0.15) is 0 Å². The lowest BCUT2D eigenvalue weighted by Crippen LogP contribution is -2.32. The van der Waals surface area contributed by atoms with Crippen LogP contribution in [-0.4, -0.2) is 24.5 Å². The van der Waals surface area contributed by atoms with E-state index < -0.39 is 0 Å². The van der Waals surface area contributed by atoms with Gasteiger partial charge in [0.05, 0.1) is 0 Å². The fourth-order valence-electron chi connectivity index (χ4n) is 1.44. The van der Waals surface area contributed by atoms with Crippen molar-refractivity contribution in [1.29, 1.82) is 0 Å². The number of unbranched alkanes of at least 4 members (excludes halogenated alkanes) is 1. The molecular weight excluding hydrogens is 200 g/mol. The van der Waals surface area contributed by atoms with Crippen LogP contribution in [0.3, 0.4) is 0 Å². The first-order chi connectivity index (χ1) is 7.63. The van der Waals surface area contributed by atoms with Crippen molar-refractivity contribution in [2.75, 3.05) is 18.9 Å². The molecule has 0 heterocycles. The summed E-state index contributed by atoms with van der Waals surface area (Å²) >= 11 is 0. The highest BCUT2D eigenvalue weighted by Crippen LogP contribution is 2.10. The summed E-state index contributed by atoms with van der Waals surface area (Å²) in [6, 6.07) is 7.77. The largest absolute Gasteiger partial charge is 0.328 e. The van der Waals surface area contributed by atoms with Crippen LogP contribution < -0.4 is 5.32 Å². The molecule has 0 aliphatic heterocycles. The van der Waals surface area contributed by atoms with Gasteiger partial charge < -0.3 is 10.2 Å². The van der Waals surface area contributed by atoms with Crippen LogP contribution in [0.15, 0.2) is 24.3 Å². The maximum absolute atomic E-state index is 11.7. The summed E-state index contributed by atoms with van der Waals surface area (Å²) in [5.74, 6) is 0. The second-order valence-electron chi connectivity index (χ2n) is 4.07. The van der Waals surface area contributed by atoms with Crippen LogP contribution in [0.1, 0.15) is 25.3 Å². The molecule has 0 aromatic heterocycles. The zero-order valence-corrected chi connectivity index (χ0v) is 10.3. The smallest absolute Gasteiger partial charge is 0.321 e. The van der Waals surface area contributed by atoms with Crippen LogP contribution >= 0.6 is 0 Å². The fourth-order valence-corrected chi connectivity index (χ4v) is 1.44. The summed E-state index contributed by atoms with van der Waals surface area (Å²) in [5, 5.41) is 2.88. The predicted molar refractivity (Wildman–Crippen MR) is 67.7 cm³/mol. The van der Waals surface area contributed by atoms with Gasteiger partial charge in [-0.05, 0) is 31.0 Å². The molecule has 0 spiro atoms. The standard InChI is InChI=1S/C13H20N2O/c1-4-5-9-15(3)13(16)14-12-8-6-7-11(2)10-12/h6-8,10H,4-5,9H2,1-3H3,(H,14,16). The Morgan fingerprint density at radius 1 is 1.44 bits per heavy atom. The van der Waals surface area contributed by atoms with Gasteiger partial charge in [-0.3, -0.25) is 0 Å². The summed E-state index contributed by atoms with van der Waals surface area (Å²) in [5.41, 5.74) is 2.00. The van der Waals surface area contributed by atoms with E-state index in [2.05, 4.69) is 12.2 Å². The zero-order valence-electron chi connectivity index (χ0n) is 10.3. The molecule has 88 valence electrons. The highest BCUT2D eigenvalue weighted by Gasteiger charge is 2.07. The van der Waals surface area contributed by atoms with Crippen molar-refractivity contribution < 1.29 is 4.79 Å². The van der Waals surface area contributed by atoms with E-state index in [-0.39, 0.29) is 6.03 Å². The van der Waals surface area contributed by atoms with Crippen LogP contribution in [0.2, 0.25) is 0 Å². The van der Waals surface area contributed by atoms with Gasteiger partial charge in [0.1, 0.15) is 0 Å². The van der Waals surface area contributed by atoms with E-state index in [1.807, 2.05) is 38.2 Å². The van der Waals surface area contributed by atoms with E-state index >= 15 is 0 Å². The van der Waals surface area contributed by atoms with Gasteiger partial charge in [0, 0.05) is 19.3 Å². The average molecular weight is 220 g/mol. The van der Waals surface area contributed by atoms with Gasteiger partial charge in [0.25, 0.3) is 0 Å². The van der Waals surface area contributed by atoms with Crippen molar-refractivity contribution in [1.82, 2.24) is 4.90 Å². The third kappa shape index (κ3) is 3.93. The minimum atomic E-state index is -0.0425. The number of hydrogen-bond acceptors (Lipinski definition) is 1. The molecule has 1 aromatic rings. The number of carbonyl (C=O) groups is 1. The number of hydrogen-bond donors (Lipinski definition) is 1. The molecule has 0 saturated carbocycles. The number of anilines is 1. The maximum atomic E-state index is 11.7. The van der Waals surface area contributed by atoms with E-state index in [1.165, 1.54) is 0 Å². The molecule has 0 atom stereocenters. The topological polar surface area (TPSA) is 32.3 Å². The molecule has 0 unspecified atom stereocenters. The number of rotatable bonds is 4. The van der Waals surface area contributed by atoms with Crippen molar-refractivity contribution in [3.63, 3.8) is 0 Å². The summed E-state index contributed by atoms with van der Waals surface area (Å²) < 4.78 is 0. The molecule has 0 aliphatic rings. The Labute approximate surface area is 97.5 Å². The number of benzene rings is 1. The number of nitrogens with zero attached hydrogens (tertiary/aromatic N) is 1. The number of urea groups is 1. The van der Waals surface area contributed by atoms with Crippen LogP contribution in [0, 0.1) is 6.92 Å². The van der Waals surface area contributed by atoms with E-state index in [4.69, 9.17) is 0 Å².